The molecule has 122 valence electrons. The summed E-state index contributed by atoms with van der Waals surface area (Å²) in [5, 5.41) is 8.24. The zero-order valence-corrected chi connectivity index (χ0v) is 13.5. The van der Waals surface area contributed by atoms with Crippen LogP contribution in [0.1, 0.15) is 41.8 Å². The first-order valence-electron chi connectivity index (χ1n) is 7.51. The van der Waals surface area contributed by atoms with Gasteiger partial charge in [-0.3, -0.25) is 4.79 Å². The van der Waals surface area contributed by atoms with Crippen LogP contribution in [0.2, 0.25) is 0 Å². The van der Waals surface area contributed by atoms with Crippen LogP contribution in [-0.4, -0.2) is 18.5 Å². The number of urea groups is 1. The van der Waals surface area contributed by atoms with Crippen LogP contribution in [-0.2, 0) is 0 Å². The Bertz CT molecular complexity index is 677. The van der Waals surface area contributed by atoms with Crippen LogP contribution in [0.25, 0.3) is 0 Å². The van der Waals surface area contributed by atoms with Gasteiger partial charge in [0.15, 0.2) is 0 Å². The fraction of sp³-hybridized carbons (Fsp3) is 0.294. The largest absolute Gasteiger partial charge is 0.464 e. The lowest BCUT2D eigenvalue weighted by Gasteiger charge is -2.13. The van der Waals surface area contributed by atoms with Gasteiger partial charge in [0.1, 0.15) is 11.5 Å². The standard InChI is InChI=1S/C17H21N3O3/c1-4-18-16(21)13-6-8-14(9-7-13)20-17(22)19-12(3)15-10-5-11(2)23-15/h5-10,12H,4H2,1-3H3,(H,18,21)(H2,19,20,22). The van der Waals surface area contributed by atoms with Crippen molar-refractivity contribution in [3.63, 3.8) is 0 Å². The molecule has 0 aliphatic carbocycles. The van der Waals surface area contributed by atoms with Crippen molar-refractivity contribution in [1.82, 2.24) is 10.6 Å². The van der Waals surface area contributed by atoms with Crippen molar-refractivity contribution in [3.8, 4) is 0 Å². The summed E-state index contributed by atoms with van der Waals surface area (Å²) in [6.45, 7) is 6.13. The van der Waals surface area contributed by atoms with Crippen molar-refractivity contribution in [2.24, 2.45) is 0 Å². The number of anilines is 1. The Hall–Kier alpha value is -2.76. The molecule has 1 unspecified atom stereocenters. The Balaban J connectivity index is 1.91. The van der Waals surface area contributed by atoms with E-state index < -0.39 is 0 Å². The Morgan fingerprint density at radius 1 is 1.13 bits per heavy atom. The van der Waals surface area contributed by atoms with Gasteiger partial charge in [-0.1, -0.05) is 0 Å². The van der Waals surface area contributed by atoms with E-state index >= 15 is 0 Å². The van der Waals surface area contributed by atoms with Gasteiger partial charge < -0.3 is 20.4 Å². The van der Waals surface area contributed by atoms with Crippen molar-refractivity contribution >= 4 is 17.6 Å². The number of carbonyl (C=O) groups is 2. The lowest BCUT2D eigenvalue weighted by atomic mass is 10.2. The average molecular weight is 315 g/mol. The highest BCUT2D eigenvalue weighted by molar-refractivity contribution is 5.95. The van der Waals surface area contributed by atoms with Crippen molar-refractivity contribution < 1.29 is 14.0 Å². The molecule has 1 atom stereocenters. The molecule has 0 aliphatic rings. The number of amides is 3. The minimum Gasteiger partial charge on any atom is -0.464 e. The lowest BCUT2D eigenvalue weighted by Crippen LogP contribution is -2.31. The molecule has 1 aromatic carbocycles. The van der Waals surface area contributed by atoms with E-state index in [-0.39, 0.29) is 18.0 Å². The molecule has 2 rings (SSSR count). The van der Waals surface area contributed by atoms with E-state index in [0.29, 0.717) is 23.6 Å². The predicted molar refractivity (Wildman–Crippen MR) is 88.5 cm³/mol. The summed E-state index contributed by atoms with van der Waals surface area (Å²) in [7, 11) is 0. The maximum absolute atomic E-state index is 12.0. The molecule has 0 saturated carbocycles. The van der Waals surface area contributed by atoms with Crippen molar-refractivity contribution in [2.45, 2.75) is 26.8 Å². The Morgan fingerprint density at radius 3 is 2.39 bits per heavy atom. The van der Waals surface area contributed by atoms with Crippen molar-refractivity contribution in [2.75, 3.05) is 11.9 Å². The van der Waals surface area contributed by atoms with Crippen molar-refractivity contribution in [1.29, 1.82) is 0 Å². The van der Waals surface area contributed by atoms with Gasteiger partial charge >= 0.3 is 6.03 Å². The summed E-state index contributed by atoms with van der Waals surface area (Å²) in [5.41, 5.74) is 1.16. The van der Waals surface area contributed by atoms with Gasteiger partial charge in [0.05, 0.1) is 6.04 Å². The summed E-state index contributed by atoms with van der Waals surface area (Å²) in [5.74, 6) is 1.37. The molecule has 0 fully saturated rings. The monoisotopic (exact) mass is 315 g/mol. The molecule has 3 N–H and O–H groups in total. The Labute approximate surface area is 135 Å². The number of rotatable bonds is 5. The third-order valence-corrected chi connectivity index (χ3v) is 3.28. The molecule has 3 amide bonds. The van der Waals surface area contributed by atoms with Gasteiger partial charge in [-0.25, -0.2) is 4.79 Å². The third kappa shape index (κ3) is 4.60. The van der Waals surface area contributed by atoms with Crippen molar-refractivity contribution in [3.05, 3.63) is 53.5 Å². The molecule has 0 bridgehead atoms. The quantitative estimate of drug-likeness (QED) is 0.792. The molecule has 0 radical (unpaired) electrons. The fourth-order valence-corrected chi connectivity index (χ4v) is 2.09. The fourth-order valence-electron chi connectivity index (χ4n) is 2.09. The number of aryl methyl sites for hydroxylation is 1. The second kappa shape index (κ2) is 7.49. The van der Waals surface area contributed by atoms with Gasteiger partial charge in [0, 0.05) is 17.8 Å². The predicted octanol–water partition coefficient (Wildman–Crippen LogP) is 3.22. The summed E-state index contributed by atoms with van der Waals surface area (Å²) in [6.07, 6.45) is 0. The highest BCUT2D eigenvalue weighted by Crippen LogP contribution is 2.16. The second-order valence-corrected chi connectivity index (χ2v) is 5.21. The maximum atomic E-state index is 12.0. The third-order valence-electron chi connectivity index (χ3n) is 3.28. The van der Waals surface area contributed by atoms with Gasteiger partial charge in [-0.2, -0.15) is 0 Å². The molecule has 23 heavy (non-hydrogen) atoms. The molecular formula is C17H21N3O3. The van der Waals surface area contributed by atoms with Gasteiger partial charge in [-0.05, 0) is 57.2 Å². The highest BCUT2D eigenvalue weighted by atomic mass is 16.3. The van der Waals surface area contributed by atoms with Crippen LogP contribution < -0.4 is 16.0 Å². The molecule has 0 spiro atoms. The molecule has 0 saturated heterocycles. The Kier molecular flexibility index (Phi) is 5.41. The van der Waals surface area contributed by atoms with Crippen LogP contribution in [0.3, 0.4) is 0 Å². The molecular weight excluding hydrogens is 294 g/mol. The first-order chi connectivity index (χ1) is 11.0. The van der Waals surface area contributed by atoms with E-state index in [1.165, 1.54) is 0 Å². The van der Waals surface area contributed by atoms with Crippen LogP contribution in [0, 0.1) is 6.92 Å². The average Bonchev–Trinajstić information content (AvgIpc) is 2.95. The van der Waals surface area contributed by atoms with Gasteiger partial charge in [-0.15, -0.1) is 0 Å². The topological polar surface area (TPSA) is 83.4 Å². The maximum Gasteiger partial charge on any atom is 0.319 e. The summed E-state index contributed by atoms with van der Waals surface area (Å²) in [6, 6.07) is 9.82. The van der Waals surface area contributed by atoms with E-state index in [0.717, 1.165) is 5.76 Å². The molecule has 1 aromatic heterocycles. The number of benzene rings is 1. The first kappa shape index (κ1) is 16.6. The van der Waals surface area contributed by atoms with E-state index in [9.17, 15) is 9.59 Å². The molecule has 2 aromatic rings. The highest BCUT2D eigenvalue weighted by Gasteiger charge is 2.13. The number of carbonyl (C=O) groups excluding carboxylic acids is 2. The number of nitrogens with one attached hydrogen (secondary N) is 3. The molecule has 0 aliphatic heterocycles. The normalized spacial score (nSPS) is 11.6. The number of hydrogen-bond donors (Lipinski definition) is 3. The zero-order chi connectivity index (χ0) is 16.8. The molecule has 6 nitrogen and oxygen atoms in total. The molecule has 6 heteroatoms. The SMILES string of the molecule is CCNC(=O)c1ccc(NC(=O)NC(C)c2ccc(C)o2)cc1. The lowest BCUT2D eigenvalue weighted by molar-refractivity contribution is 0.0956. The van der Waals surface area contributed by atoms with Crippen LogP contribution in [0.5, 0.6) is 0 Å². The van der Waals surface area contributed by atoms with E-state index in [1.807, 2.05) is 32.9 Å². The first-order valence-corrected chi connectivity index (χ1v) is 7.51. The minimum absolute atomic E-state index is 0.134. The van der Waals surface area contributed by atoms with E-state index in [4.69, 9.17) is 4.42 Å². The van der Waals surface area contributed by atoms with Crippen LogP contribution in [0.4, 0.5) is 10.5 Å². The molecule has 1 heterocycles. The van der Waals surface area contributed by atoms with Crippen LogP contribution >= 0.6 is 0 Å². The summed E-state index contributed by atoms with van der Waals surface area (Å²) >= 11 is 0. The van der Waals surface area contributed by atoms with Crippen LogP contribution in [0.15, 0.2) is 40.8 Å². The summed E-state index contributed by atoms with van der Waals surface area (Å²) in [4.78, 5) is 23.6. The smallest absolute Gasteiger partial charge is 0.319 e. The van der Waals surface area contributed by atoms with E-state index in [1.54, 1.807) is 24.3 Å². The number of hydrogen-bond acceptors (Lipinski definition) is 3. The second-order valence-electron chi connectivity index (χ2n) is 5.21. The number of furan rings is 1. The zero-order valence-electron chi connectivity index (χ0n) is 13.5. The van der Waals surface area contributed by atoms with Gasteiger partial charge in [0.25, 0.3) is 5.91 Å². The Morgan fingerprint density at radius 2 is 1.83 bits per heavy atom. The van der Waals surface area contributed by atoms with E-state index in [2.05, 4.69) is 16.0 Å². The van der Waals surface area contributed by atoms with Gasteiger partial charge in [0.2, 0.25) is 0 Å². The minimum atomic E-state index is -0.336. The summed E-state index contributed by atoms with van der Waals surface area (Å²) < 4.78 is 5.47.